The highest BCUT2D eigenvalue weighted by Crippen LogP contribution is 2.28. The number of amides is 2. The molecule has 7 nitrogen and oxygen atoms in total. The molecule has 1 atom stereocenters. The second-order valence-electron chi connectivity index (χ2n) is 9.69. The van der Waals surface area contributed by atoms with Gasteiger partial charge in [-0.15, -0.1) is 0 Å². The van der Waals surface area contributed by atoms with Gasteiger partial charge in [0.15, 0.2) is 0 Å². The topological polar surface area (TPSA) is 86.8 Å². The maximum Gasteiger partial charge on any atom is 0.264 e. The van der Waals surface area contributed by atoms with E-state index in [0.29, 0.717) is 18.7 Å². The molecule has 3 rings (SSSR count). The molecule has 0 aliphatic rings. The van der Waals surface area contributed by atoms with Crippen molar-refractivity contribution in [2.75, 3.05) is 17.4 Å². The largest absolute Gasteiger partial charge is 0.354 e. The number of nitrogens with one attached hydrogen (secondary N) is 1. The summed E-state index contributed by atoms with van der Waals surface area (Å²) >= 11 is 0. The lowest BCUT2D eigenvalue weighted by molar-refractivity contribution is -0.140. The Kier molecular flexibility index (Phi) is 10.7. The normalized spacial score (nSPS) is 12.0. The summed E-state index contributed by atoms with van der Waals surface area (Å²) in [6.07, 6.45) is 2.17. The zero-order valence-corrected chi connectivity index (χ0v) is 24.1. The fourth-order valence-corrected chi connectivity index (χ4v) is 6.02. The third-order valence-corrected chi connectivity index (χ3v) is 8.42. The molecule has 0 unspecified atom stereocenters. The number of nitrogens with zero attached hydrogens (tertiary/aromatic N) is 2. The van der Waals surface area contributed by atoms with Crippen LogP contribution in [0.4, 0.5) is 5.69 Å². The summed E-state index contributed by atoms with van der Waals surface area (Å²) in [6, 6.07) is 22.2. The molecule has 208 valence electrons. The minimum atomic E-state index is -4.08. The van der Waals surface area contributed by atoms with Crippen LogP contribution in [0.1, 0.15) is 49.8 Å². The van der Waals surface area contributed by atoms with Crippen LogP contribution in [0.25, 0.3) is 0 Å². The van der Waals surface area contributed by atoms with Gasteiger partial charge >= 0.3 is 0 Å². The summed E-state index contributed by atoms with van der Waals surface area (Å²) in [6.45, 7) is 7.94. The van der Waals surface area contributed by atoms with Crippen molar-refractivity contribution in [2.24, 2.45) is 0 Å². The van der Waals surface area contributed by atoms with Crippen LogP contribution in [-0.2, 0) is 26.2 Å². The molecule has 3 aromatic carbocycles. The number of aryl methyl sites for hydroxylation is 2. The third kappa shape index (κ3) is 7.69. The summed E-state index contributed by atoms with van der Waals surface area (Å²) in [5.41, 5.74) is 3.01. The molecule has 0 aliphatic carbocycles. The van der Waals surface area contributed by atoms with Gasteiger partial charge in [0.2, 0.25) is 11.8 Å². The molecule has 1 N–H and O–H groups in total. The van der Waals surface area contributed by atoms with Crippen LogP contribution in [0.2, 0.25) is 0 Å². The number of hydrogen-bond donors (Lipinski definition) is 1. The van der Waals surface area contributed by atoms with E-state index in [9.17, 15) is 18.0 Å². The molecular formula is C31H39N3O4S. The van der Waals surface area contributed by atoms with Gasteiger partial charge in [-0.25, -0.2) is 8.42 Å². The number of unbranched alkanes of at least 4 members (excludes halogenated alkanes) is 1. The van der Waals surface area contributed by atoms with E-state index in [1.807, 2.05) is 70.2 Å². The molecule has 0 bridgehead atoms. The molecule has 3 aromatic rings. The molecule has 0 spiro atoms. The number of hydrogen-bond acceptors (Lipinski definition) is 4. The quantitative estimate of drug-likeness (QED) is 0.296. The van der Waals surface area contributed by atoms with Crippen LogP contribution in [0.15, 0.2) is 83.8 Å². The van der Waals surface area contributed by atoms with Gasteiger partial charge in [-0.3, -0.25) is 13.9 Å². The smallest absolute Gasteiger partial charge is 0.264 e. The molecular weight excluding hydrogens is 510 g/mol. The monoisotopic (exact) mass is 549 g/mol. The van der Waals surface area contributed by atoms with Gasteiger partial charge < -0.3 is 10.2 Å². The van der Waals surface area contributed by atoms with Crippen LogP contribution < -0.4 is 9.62 Å². The Morgan fingerprint density at radius 2 is 1.54 bits per heavy atom. The van der Waals surface area contributed by atoms with E-state index < -0.39 is 28.5 Å². The number of anilines is 1. The summed E-state index contributed by atoms with van der Waals surface area (Å²) in [7, 11) is -4.08. The maximum atomic E-state index is 14.1. The Bertz CT molecular complexity index is 1340. The van der Waals surface area contributed by atoms with E-state index >= 15 is 0 Å². The fourth-order valence-electron chi connectivity index (χ4n) is 4.52. The van der Waals surface area contributed by atoms with Crippen LogP contribution in [-0.4, -0.2) is 44.3 Å². The summed E-state index contributed by atoms with van der Waals surface area (Å²) < 4.78 is 29.0. The van der Waals surface area contributed by atoms with E-state index in [1.165, 1.54) is 21.3 Å². The van der Waals surface area contributed by atoms with Gasteiger partial charge in [0.05, 0.1) is 10.6 Å². The van der Waals surface area contributed by atoms with Crippen LogP contribution in [0.3, 0.4) is 0 Å². The number of carbonyl (C=O) groups excluding carboxylic acids is 2. The van der Waals surface area contributed by atoms with Crippen LogP contribution in [0.5, 0.6) is 0 Å². The van der Waals surface area contributed by atoms with Crippen molar-refractivity contribution >= 4 is 27.5 Å². The molecule has 39 heavy (non-hydrogen) atoms. The van der Waals surface area contributed by atoms with Crippen LogP contribution in [0, 0.1) is 13.8 Å². The first-order valence-electron chi connectivity index (χ1n) is 13.4. The number of sulfonamides is 1. The fraction of sp³-hybridized carbons (Fsp3) is 0.355. The number of carbonyl (C=O) groups is 2. The standard InChI is InChI=1S/C31H39N3O4S/c1-5-7-20-32-31(36)28(6-2)33(22-26-14-10-8-11-15-26)30(35)23-34(29-19-18-24(3)21-25(29)4)39(37,38)27-16-12-9-13-17-27/h8-19,21,28H,5-7,20,22-23H2,1-4H3,(H,32,36)/t28-/m0/s1. The zero-order chi connectivity index (χ0) is 28.4. The second-order valence-corrected chi connectivity index (χ2v) is 11.6. The lowest BCUT2D eigenvalue weighted by atomic mass is 10.1. The minimum absolute atomic E-state index is 0.0942. The van der Waals surface area contributed by atoms with Crippen molar-refractivity contribution in [3.63, 3.8) is 0 Å². The first-order chi connectivity index (χ1) is 18.7. The molecule has 8 heteroatoms. The summed E-state index contributed by atoms with van der Waals surface area (Å²) in [4.78, 5) is 28.9. The Morgan fingerprint density at radius 3 is 2.13 bits per heavy atom. The second kappa shape index (κ2) is 13.9. The predicted molar refractivity (Wildman–Crippen MR) is 156 cm³/mol. The van der Waals surface area contributed by atoms with Crippen molar-refractivity contribution in [1.82, 2.24) is 10.2 Å². The summed E-state index contributed by atoms with van der Waals surface area (Å²) in [5.74, 6) is -0.685. The first kappa shape index (κ1) is 29.9. The van der Waals surface area contributed by atoms with Gasteiger partial charge in [-0.1, -0.05) is 86.5 Å². The van der Waals surface area contributed by atoms with E-state index in [1.54, 1.807) is 24.3 Å². The minimum Gasteiger partial charge on any atom is -0.354 e. The van der Waals surface area contributed by atoms with Crippen molar-refractivity contribution in [3.8, 4) is 0 Å². The zero-order valence-electron chi connectivity index (χ0n) is 23.3. The highest BCUT2D eigenvalue weighted by molar-refractivity contribution is 7.92. The molecule has 0 radical (unpaired) electrons. The maximum absolute atomic E-state index is 14.1. The van der Waals surface area contributed by atoms with Gasteiger partial charge in [-0.2, -0.15) is 0 Å². The van der Waals surface area contributed by atoms with Crippen LogP contribution >= 0.6 is 0 Å². The van der Waals surface area contributed by atoms with E-state index in [2.05, 4.69) is 5.32 Å². The van der Waals surface area contributed by atoms with E-state index in [-0.39, 0.29) is 17.3 Å². The predicted octanol–water partition coefficient (Wildman–Crippen LogP) is 5.22. The molecule has 0 saturated heterocycles. The Morgan fingerprint density at radius 1 is 0.897 bits per heavy atom. The summed E-state index contributed by atoms with van der Waals surface area (Å²) in [5, 5.41) is 2.95. The Hall–Kier alpha value is -3.65. The van der Waals surface area contributed by atoms with Gasteiger partial charge in [0, 0.05) is 13.1 Å². The van der Waals surface area contributed by atoms with Crippen molar-refractivity contribution in [1.29, 1.82) is 0 Å². The SMILES string of the molecule is CCCCNC(=O)[C@H](CC)N(Cc1ccccc1)C(=O)CN(c1ccc(C)cc1C)S(=O)(=O)c1ccccc1. The average Bonchev–Trinajstić information content (AvgIpc) is 2.93. The van der Waals surface area contributed by atoms with E-state index in [0.717, 1.165) is 29.5 Å². The first-order valence-corrected chi connectivity index (χ1v) is 14.9. The lowest BCUT2D eigenvalue weighted by Crippen LogP contribution is -2.52. The van der Waals surface area contributed by atoms with Crippen molar-refractivity contribution in [2.45, 2.75) is 64.4 Å². The molecule has 0 fully saturated rings. The molecule has 0 aliphatic heterocycles. The average molecular weight is 550 g/mol. The van der Waals surface area contributed by atoms with Crippen molar-refractivity contribution < 1.29 is 18.0 Å². The van der Waals surface area contributed by atoms with Crippen molar-refractivity contribution in [3.05, 3.63) is 95.6 Å². The highest BCUT2D eigenvalue weighted by Gasteiger charge is 2.34. The third-order valence-electron chi connectivity index (χ3n) is 6.64. The van der Waals surface area contributed by atoms with Gasteiger partial charge in [0.25, 0.3) is 10.0 Å². The highest BCUT2D eigenvalue weighted by atomic mass is 32.2. The van der Waals surface area contributed by atoms with Gasteiger partial charge in [-0.05, 0) is 56.0 Å². The molecule has 0 saturated carbocycles. The molecule has 0 heterocycles. The number of rotatable bonds is 13. The molecule has 0 aromatic heterocycles. The molecule has 2 amide bonds. The van der Waals surface area contributed by atoms with E-state index in [4.69, 9.17) is 0 Å². The van der Waals surface area contributed by atoms with Gasteiger partial charge in [0.1, 0.15) is 12.6 Å². The lowest BCUT2D eigenvalue weighted by Gasteiger charge is -2.33. The Balaban J connectivity index is 2.04. The number of benzene rings is 3. The Labute approximate surface area is 232 Å².